The number of nitrogens with two attached hydrogens (primary N) is 1. The zero-order valence-electron chi connectivity index (χ0n) is 8.43. The van der Waals surface area contributed by atoms with E-state index in [1.54, 1.807) is 6.92 Å². The van der Waals surface area contributed by atoms with Crippen LogP contribution in [0.1, 0.15) is 24.0 Å². The number of thioether (sulfide) groups is 1. The van der Waals surface area contributed by atoms with Crippen molar-refractivity contribution in [2.24, 2.45) is 5.73 Å². The topological polar surface area (TPSA) is 91.2 Å². The second-order valence-electron chi connectivity index (χ2n) is 2.58. The first-order valence-electron chi connectivity index (χ1n) is 4.61. The molecular formula is C8H13N3O3S. The Kier molecular flexibility index (Phi) is 5.13. The van der Waals surface area contributed by atoms with Crippen molar-refractivity contribution in [3.05, 3.63) is 5.89 Å². The van der Waals surface area contributed by atoms with E-state index in [4.69, 9.17) is 14.9 Å². The van der Waals surface area contributed by atoms with Crippen LogP contribution in [0.15, 0.2) is 9.64 Å². The van der Waals surface area contributed by atoms with Gasteiger partial charge in [0.05, 0.1) is 6.61 Å². The average Bonchev–Trinajstić information content (AvgIpc) is 2.67. The summed E-state index contributed by atoms with van der Waals surface area (Å²) in [5.41, 5.74) is 5.33. The van der Waals surface area contributed by atoms with Crippen LogP contribution in [0.3, 0.4) is 0 Å². The highest BCUT2D eigenvalue weighted by Crippen LogP contribution is 2.16. The minimum absolute atomic E-state index is 0.105. The molecule has 84 valence electrons. The van der Waals surface area contributed by atoms with E-state index >= 15 is 0 Å². The van der Waals surface area contributed by atoms with E-state index in [1.165, 1.54) is 11.8 Å². The average molecular weight is 231 g/mol. The first-order chi connectivity index (χ1) is 7.27. The Morgan fingerprint density at radius 1 is 1.60 bits per heavy atom. The summed E-state index contributed by atoms with van der Waals surface area (Å²) in [6.45, 7) is 2.62. The molecule has 0 radical (unpaired) electrons. The van der Waals surface area contributed by atoms with Crippen LogP contribution in [0, 0.1) is 0 Å². The Balaban J connectivity index is 2.45. The summed E-state index contributed by atoms with van der Waals surface area (Å²) in [6, 6.07) is 0. The lowest BCUT2D eigenvalue weighted by atomic mass is 10.5. The van der Waals surface area contributed by atoms with Gasteiger partial charge in [-0.05, 0) is 19.9 Å². The third-order valence-corrected chi connectivity index (χ3v) is 2.34. The highest BCUT2D eigenvalue weighted by molar-refractivity contribution is 7.99. The molecule has 1 rings (SSSR count). The van der Waals surface area contributed by atoms with Crippen LogP contribution < -0.4 is 5.73 Å². The summed E-state index contributed by atoms with van der Waals surface area (Å²) in [5.74, 6) is 0.101. The van der Waals surface area contributed by atoms with Gasteiger partial charge in [0.1, 0.15) is 0 Å². The molecule has 0 aliphatic rings. The first-order valence-corrected chi connectivity index (χ1v) is 5.60. The predicted molar refractivity (Wildman–Crippen MR) is 54.6 cm³/mol. The Morgan fingerprint density at radius 3 is 3.07 bits per heavy atom. The molecule has 1 heterocycles. The predicted octanol–water partition coefficient (Wildman–Crippen LogP) is 0.687. The van der Waals surface area contributed by atoms with Crippen LogP contribution >= 0.6 is 11.8 Å². The van der Waals surface area contributed by atoms with E-state index in [1.807, 2.05) is 0 Å². The van der Waals surface area contributed by atoms with E-state index in [0.29, 0.717) is 11.8 Å². The normalized spacial score (nSPS) is 10.3. The SMILES string of the molecule is CCOC(=O)c1nnc(SCCCN)o1. The third-order valence-electron chi connectivity index (χ3n) is 1.43. The molecule has 6 nitrogen and oxygen atoms in total. The minimum Gasteiger partial charge on any atom is -0.459 e. The van der Waals surface area contributed by atoms with Gasteiger partial charge in [0.25, 0.3) is 5.22 Å². The fraction of sp³-hybridized carbons (Fsp3) is 0.625. The van der Waals surface area contributed by atoms with E-state index in [0.717, 1.165) is 12.2 Å². The molecule has 0 aliphatic carbocycles. The second-order valence-corrected chi connectivity index (χ2v) is 3.63. The molecule has 0 unspecified atom stereocenters. The van der Waals surface area contributed by atoms with Crippen molar-refractivity contribution >= 4 is 17.7 Å². The van der Waals surface area contributed by atoms with Gasteiger partial charge in [0.15, 0.2) is 0 Å². The number of aromatic nitrogens is 2. The van der Waals surface area contributed by atoms with Crippen molar-refractivity contribution in [3.63, 3.8) is 0 Å². The quantitative estimate of drug-likeness (QED) is 0.437. The van der Waals surface area contributed by atoms with Crippen LogP contribution in [0.2, 0.25) is 0 Å². The van der Waals surface area contributed by atoms with Crippen molar-refractivity contribution in [2.45, 2.75) is 18.6 Å². The lowest BCUT2D eigenvalue weighted by Crippen LogP contribution is -2.04. The standard InChI is InChI=1S/C8H13N3O3S/c1-2-13-7(12)6-10-11-8(14-6)15-5-3-4-9/h2-5,9H2,1H3. The number of carbonyl (C=O) groups is 1. The molecule has 0 fully saturated rings. The number of carbonyl (C=O) groups excluding carboxylic acids is 1. The number of hydrogen-bond donors (Lipinski definition) is 1. The maximum Gasteiger partial charge on any atom is 0.396 e. The van der Waals surface area contributed by atoms with Gasteiger partial charge in [-0.3, -0.25) is 0 Å². The van der Waals surface area contributed by atoms with Gasteiger partial charge in [0.2, 0.25) is 0 Å². The smallest absolute Gasteiger partial charge is 0.396 e. The fourth-order valence-corrected chi connectivity index (χ4v) is 1.51. The molecule has 1 aromatic rings. The minimum atomic E-state index is -0.587. The van der Waals surface area contributed by atoms with Crippen molar-refractivity contribution in [1.29, 1.82) is 0 Å². The van der Waals surface area contributed by atoms with Crippen LogP contribution in [-0.4, -0.2) is 35.1 Å². The molecule has 0 spiro atoms. The molecule has 0 aromatic carbocycles. The molecule has 0 bridgehead atoms. The monoisotopic (exact) mass is 231 g/mol. The van der Waals surface area contributed by atoms with Gasteiger partial charge in [-0.15, -0.1) is 5.10 Å². The number of ether oxygens (including phenoxy) is 1. The van der Waals surface area contributed by atoms with Gasteiger partial charge < -0.3 is 14.9 Å². The van der Waals surface area contributed by atoms with Crippen molar-refractivity contribution in [2.75, 3.05) is 18.9 Å². The summed E-state index contributed by atoms with van der Waals surface area (Å²) in [6.07, 6.45) is 0.863. The van der Waals surface area contributed by atoms with Crippen molar-refractivity contribution in [3.8, 4) is 0 Å². The van der Waals surface area contributed by atoms with Crippen LogP contribution in [0.5, 0.6) is 0 Å². The molecule has 2 N–H and O–H groups in total. The number of esters is 1. The molecule has 1 aromatic heterocycles. The molecule has 7 heteroatoms. The van der Waals surface area contributed by atoms with Gasteiger partial charge in [-0.2, -0.15) is 0 Å². The molecule has 0 amide bonds. The van der Waals surface area contributed by atoms with Gasteiger partial charge in [0, 0.05) is 5.75 Å². The maximum atomic E-state index is 11.1. The number of nitrogens with zero attached hydrogens (tertiary/aromatic N) is 2. The zero-order chi connectivity index (χ0) is 11.1. The lowest BCUT2D eigenvalue weighted by molar-refractivity contribution is 0.0475. The van der Waals surface area contributed by atoms with Crippen molar-refractivity contribution < 1.29 is 13.9 Å². The van der Waals surface area contributed by atoms with E-state index < -0.39 is 5.97 Å². The Morgan fingerprint density at radius 2 is 2.40 bits per heavy atom. The summed E-state index contributed by atoms with van der Waals surface area (Å²) < 4.78 is 9.77. The van der Waals surface area contributed by atoms with Gasteiger partial charge >= 0.3 is 11.9 Å². The highest BCUT2D eigenvalue weighted by atomic mass is 32.2. The lowest BCUT2D eigenvalue weighted by Gasteiger charge is -1.94. The molecule has 0 saturated carbocycles. The molecular weight excluding hydrogens is 218 g/mol. The second kappa shape index (κ2) is 6.41. The van der Waals surface area contributed by atoms with Crippen LogP contribution in [0.4, 0.5) is 0 Å². The zero-order valence-corrected chi connectivity index (χ0v) is 9.25. The molecule has 15 heavy (non-hydrogen) atoms. The van der Waals surface area contributed by atoms with E-state index in [2.05, 4.69) is 10.2 Å². The Labute approximate surface area is 91.6 Å². The summed E-state index contributed by atoms with van der Waals surface area (Å²) in [4.78, 5) is 11.1. The third kappa shape index (κ3) is 3.88. The van der Waals surface area contributed by atoms with Gasteiger partial charge in [-0.25, -0.2) is 4.79 Å². The summed E-state index contributed by atoms with van der Waals surface area (Å²) in [7, 11) is 0. The van der Waals surface area contributed by atoms with Crippen LogP contribution in [0.25, 0.3) is 0 Å². The molecule has 0 atom stereocenters. The first kappa shape index (κ1) is 12.0. The largest absolute Gasteiger partial charge is 0.459 e. The summed E-state index contributed by atoms with van der Waals surface area (Å²) >= 11 is 1.37. The molecule has 0 aliphatic heterocycles. The summed E-state index contributed by atoms with van der Waals surface area (Å²) in [5, 5.41) is 7.63. The fourth-order valence-electron chi connectivity index (χ4n) is 0.786. The highest BCUT2D eigenvalue weighted by Gasteiger charge is 2.15. The van der Waals surface area contributed by atoms with Gasteiger partial charge in [-0.1, -0.05) is 16.9 Å². The van der Waals surface area contributed by atoms with Crippen molar-refractivity contribution in [1.82, 2.24) is 10.2 Å². The number of hydrogen-bond acceptors (Lipinski definition) is 7. The van der Waals surface area contributed by atoms with E-state index in [-0.39, 0.29) is 12.5 Å². The number of rotatable bonds is 6. The molecule has 0 saturated heterocycles. The Hall–Kier alpha value is -1.08. The van der Waals surface area contributed by atoms with Crippen LogP contribution in [-0.2, 0) is 4.74 Å². The Bertz CT molecular complexity index is 316. The maximum absolute atomic E-state index is 11.1. The van der Waals surface area contributed by atoms with E-state index in [9.17, 15) is 4.79 Å².